The Labute approximate surface area is 82.9 Å². The van der Waals surface area contributed by atoms with E-state index in [2.05, 4.69) is 0 Å². The highest BCUT2D eigenvalue weighted by atomic mass is 35.5. The molecule has 0 aromatic carbocycles. The van der Waals surface area contributed by atoms with Crippen molar-refractivity contribution in [2.75, 3.05) is 0 Å². The first-order valence-electron chi connectivity index (χ1n) is 0. The second-order valence-electron chi connectivity index (χ2n) is 0. The van der Waals surface area contributed by atoms with Gasteiger partial charge in [-0.25, -0.2) is 0 Å². The van der Waals surface area contributed by atoms with Gasteiger partial charge in [0.05, 0.1) is 0 Å². The summed E-state index contributed by atoms with van der Waals surface area (Å²) in [6, 6.07) is 0. The zero-order chi connectivity index (χ0) is 0. The summed E-state index contributed by atoms with van der Waals surface area (Å²) >= 11 is 0. The molecule has 0 spiro atoms. The third-order valence-electron chi connectivity index (χ3n) is 0. The first kappa shape index (κ1) is 1270. The molecule has 0 fully saturated rings. The summed E-state index contributed by atoms with van der Waals surface area (Å²) in [4.78, 5) is 0. The third-order valence-corrected chi connectivity index (χ3v) is 0. The fraction of sp³-hybridized carbons (Fsp3) is 0. The van der Waals surface area contributed by atoms with Gasteiger partial charge < -0.3 is 32.9 Å². The molecule has 10 heteroatoms. The Bertz CT molecular complexity index is 9.71. The molecule has 0 aliphatic carbocycles. The van der Waals surface area contributed by atoms with Crippen LogP contribution in [-0.2, 0) is 0 Å². The van der Waals surface area contributed by atoms with Crippen LogP contribution in [0.25, 0.3) is 0 Å². The van der Waals surface area contributed by atoms with Crippen LogP contribution in [0.3, 0.4) is 0 Å². The van der Waals surface area contributed by atoms with Gasteiger partial charge in [0, 0.05) is 0 Å². The maximum Gasteiger partial charge on any atom is -0.147 e. The summed E-state index contributed by atoms with van der Waals surface area (Å²) in [7, 11) is 0. The van der Waals surface area contributed by atoms with Crippen LogP contribution in [0, 0.1) is 0 Å². The summed E-state index contributed by atoms with van der Waals surface area (Å²) in [5.74, 6) is 0. The summed E-state index contributed by atoms with van der Waals surface area (Å²) in [5, 5.41) is 0. The van der Waals surface area contributed by atoms with Crippen LogP contribution in [0.5, 0.6) is 0 Å². The lowest BCUT2D eigenvalue weighted by Crippen LogP contribution is -0.290. The molecule has 12 N–H and O–H groups in total. The van der Waals surface area contributed by atoms with Crippen LogP contribution >= 0.6 is 49.6 Å². The summed E-state index contributed by atoms with van der Waals surface area (Å²) in [6.07, 6.45) is 0. The van der Waals surface area contributed by atoms with Crippen LogP contribution in [-0.4, -0.2) is 32.9 Å². The molecule has 0 heterocycles. The summed E-state index contributed by atoms with van der Waals surface area (Å²) in [5.41, 5.74) is 0. The molecule has 0 aliphatic rings. The van der Waals surface area contributed by atoms with Gasteiger partial charge in [0.2, 0.25) is 0 Å². The van der Waals surface area contributed by atoms with Crippen molar-refractivity contribution in [3.05, 3.63) is 0 Å². The lowest BCUT2D eigenvalue weighted by atomic mass is 16.0. The van der Waals surface area contributed by atoms with Gasteiger partial charge in [0.1, 0.15) is 0 Å². The Hall–Kier alpha value is 0.920. The van der Waals surface area contributed by atoms with Gasteiger partial charge in [0.15, 0.2) is 0 Å². The molecule has 6 nitrogen and oxygen atoms in total. The molecule has 0 amide bonds. The van der Waals surface area contributed by atoms with Crippen molar-refractivity contribution in [2.45, 2.75) is 0 Å². The van der Waals surface area contributed by atoms with Crippen molar-refractivity contribution >= 4 is 49.6 Å². The van der Waals surface area contributed by atoms with E-state index in [0.717, 1.165) is 0 Å². The monoisotopic (exact) mass is 252 g/mol. The van der Waals surface area contributed by atoms with Gasteiger partial charge in [-0.15, -0.1) is 49.6 Å². The second kappa shape index (κ2) is 933. The number of halogens is 4. The highest BCUT2D eigenvalue weighted by Crippen LogP contribution is 0.693. The van der Waals surface area contributed by atoms with Crippen molar-refractivity contribution in [2.24, 2.45) is 0 Å². The summed E-state index contributed by atoms with van der Waals surface area (Å²) in [6.45, 7) is 0. The molecular formula is H16Cl4O6. The molecule has 0 aliphatic heterocycles. The predicted octanol–water partition coefficient (Wildman–Crippen LogP) is -3.26. The molecule has 80 valence electrons. The van der Waals surface area contributed by atoms with Crippen LogP contribution in [0.1, 0.15) is 0 Å². The zero-order valence-electron chi connectivity index (χ0n) is 4.63. The number of hydrogen-bond acceptors (Lipinski definition) is 0. The van der Waals surface area contributed by atoms with Gasteiger partial charge in [-0.1, -0.05) is 0 Å². The molecule has 0 aromatic heterocycles. The molecule has 0 saturated carbocycles. The molecule has 0 saturated heterocycles. The van der Waals surface area contributed by atoms with E-state index in [0.29, 0.717) is 0 Å². The van der Waals surface area contributed by atoms with Crippen LogP contribution in [0.15, 0.2) is 0 Å². The maximum absolute atomic E-state index is 0. The van der Waals surface area contributed by atoms with Crippen molar-refractivity contribution in [1.29, 1.82) is 0 Å². The quantitative estimate of drug-likeness (QED) is 0.419. The number of hydrogen-bond donors (Lipinski definition) is 0. The van der Waals surface area contributed by atoms with E-state index < -0.39 is 0 Å². The van der Waals surface area contributed by atoms with Crippen LogP contribution in [0.4, 0.5) is 0 Å². The molecule has 10 heavy (non-hydrogen) atoms. The number of rotatable bonds is 0. The average Bonchev–Trinajstić information content (AvgIpc) is 0. The van der Waals surface area contributed by atoms with Gasteiger partial charge in [0.25, 0.3) is 0 Å². The van der Waals surface area contributed by atoms with E-state index in [1.807, 2.05) is 0 Å². The Kier molecular flexibility index (Phi) is 118000. The van der Waals surface area contributed by atoms with Crippen molar-refractivity contribution < 1.29 is 32.9 Å². The van der Waals surface area contributed by atoms with Crippen LogP contribution < -0.4 is 0 Å². The van der Waals surface area contributed by atoms with Gasteiger partial charge >= 0.3 is 0 Å². The Morgan fingerprint density at radius 1 is 0.200 bits per heavy atom. The fourth-order valence-corrected chi connectivity index (χ4v) is 0. The molecular weight excluding hydrogens is 238 g/mol. The van der Waals surface area contributed by atoms with Crippen LogP contribution in [0.2, 0.25) is 0 Å². The Balaban J connectivity index is 0. The lowest BCUT2D eigenvalue weighted by Gasteiger charge is -0.413. The van der Waals surface area contributed by atoms with E-state index in [9.17, 15) is 0 Å². The largest absolute Gasteiger partial charge is 0.412 e. The highest BCUT2D eigenvalue weighted by molar-refractivity contribution is 5.86. The van der Waals surface area contributed by atoms with Crippen molar-refractivity contribution in [3.63, 3.8) is 0 Å². The first-order valence-corrected chi connectivity index (χ1v) is 0. The third kappa shape index (κ3) is 661. The van der Waals surface area contributed by atoms with E-state index in [1.54, 1.807) is 0 Å². The van der Waals surface area contributed by atoms with Gasteiger partial charge in [-0.05, 0) is 0 Å². The highest BCUT2D eigenvalue weighted by Gasteiger charge is -0.143. The minimum absolute atomic E-state index is 0. The molecule has 0 atom stereocenters. The second-order valence-corrected chi connectivity index (χ2v) is 0. The normalized spacial score (nSPS) is 0. The molecule has 0 bridgehead atoms. The lowest BCUT2D eigenvalue weighted by molar-refractivity contribution is 0.823. The van der Waals surface area contributed by atoms with E-state index in [1.165, 1.54) is 0 Å². The van der Waals surface area contributed by atoms with E-state index in [4.69, 9.17) is 0 Å². The SMILES string of the molecule is Cl.Cl.Cl.Cl.O.O.O.O.O.O. The van der Waals surface area contributed by atoms with Gasteiger partial charge in [-0.2, -0.15) is 0 Å². The molecule has 0 rings (SSSR count). The Morgan fingerprint density at radius 2 is 0.200 bits per heavy atom. The van der Waals surface area contributed by atoms with Crippen molar-refractivity contribution in [1.82, 2.24) is 0 Å². The van der Waals surface area contributed by atoms with Crippen molar-refractivity contribution in [3.8, 4) is 0 Å². The first-order chi connectivity index (χ1) is 0. The molecule has 0 unspecified atom stereocenters. The predicted molar refractivity (Wildman–Crippen MR) is 50.7 cm³/mol. The Morgan fingerprint density at radius 3 is 0.200 bits per heavy atom. The topological polar surface area (TPSA) is 189 Å². The van der Waals surface area contributed by atoms with Gasteiger partial charge in [-0.3, -0.25) is 0 Å². The zero-order valence-corrected chi connectivity index (χ0v) is 7.90. The molecule has 0 radical (unpaired) electrons. The average molecular weight is 254 g/mol. The standard InChI is InChI=1S/4ClH.6H2O/h4*1H;6*1H2. The maximum atomic E-state index is 0. The van der Waals surface area contributed by atoms with E-state index in [-0.39, 0.29) is 82.5 Å². The minimum Gasteiger partial charge on any atom is -0.412 e. The van der Waals surface area contributed by atoms with E-state index >= 15 is 0 Å². The fourth-order valence-electron chi connectivity index (χ4n) is 0. The minimum atomic E-state index is 0. The summed E-state index contributed by atoms with van der Waals surface area (Å²) < 4.78 is 0. The smallest absolute Gasteiger partial charge is 0.147 e. The molecule has 0 aromatic rings.